The maximum atomic E-state index is 13.0. The zero-order valence-electron chi connectivity index (χ0n) is 7.27. The number of rotatable bonds is 1. The molecule has 6 heteroatoms. The van der Waals surface area contributed by atoms with Gasteiger partial charge < -0.3 is 5.73 Å². The Hall–Kier alpha value is -1.17. The lowest BCUT2D eigenvalue weighted by molar-refractivity contribution is -0.138. The fourth-order valence-corrected chi connectivity index (χ4v) is 0.939. The lowest BCUT2D eigenvalue weighted by Gasteiger charge is -2.09. The van der Waals surface area contributed by atoms with Gasteiger partial charge in [0.2, 0.25) is 0 Å². The summed E-state index contributed by atoms with van der Waals surface area (Å²) in [4.78, 5) is 3.32. The molecule has 0 aromatic carbocycles. The number of halogens is 4. The van der Waals surface area contributed by atoms with Crippen molar-refractivity contribution < 1.29 is 17.6 Å². The first-order valence-corrected chi connectivity index (χ1v) is 3.80. The van der Waals surface area contributed by atoms with E-state index in [9.17, 15) is 17.6 Å². The fraction of sp³-hybridized carbons (Fsp3) is 0.375. The second-order valence-electron chi connectivity index (χ2n) is 2.88. The van der Waals surface area contributed by atoms with Gasteiger partial charge in [-0.3, -0.25) is 4.98 Å². The van der Waals surface area contributed by atoms with E-state index in [1.807, 2.05) is 0 Å². The van der Waals surface area contributed by atoms with Crippen molar-refractivity contribution in [2.24, 2.45) is 5.73 Å². The third kappa shape index (κ3) is 2.20. The van der Waals surface area contributed by atoms with Gasteiger partial charge in [0.1, 0.15) is 5.82 Å². The number of nitrogens with two attached hydrogens (primary N) is 1. The van der Waals surface area contributed by atoms with Crippen molar-refractivity contribution in [3.8, 4) is 0 Å². The van der Waals surface area contributed by atoms with E-state index in [0.717, 1.165) is 0 Å². The molecular formula is C8H8F4N2. The van der Waals surface area contributed by atoms with Crippen LogP contribution in [-0.4, -0.2) is 4.98 Å². The molecule has 14 heavy (non-hydrogen) atoms. The van der Waals surface area contributed by atoms with Crippen molar-refractivity contribution in [1.29, 1.82) is 0 Å². The fourth-order valence-electron chi connectivity index (χ4n) is 0.939. The molecule has 78 valence electrons. The van der Waals surface area contributed by atoms with E-state index in [1.54, 1.807) is 0 Å². The lowest BCUT2D eigenvalue weighted by atomic mass is 10.2. The van der Waals surface area contributed by atoms with Crippen molar-refractivity contribution in [1.82, 2.24) is 4.98 Å². The van der Waals surface area contributed by atoms with Crippen LogP contribution in [0.3, 0.4) is 0 Å². The highest BCUT2D eigenvalue weighted by Gasteiger charge is 2.32. The minimum absolute atomic E-state index is 0.169. The third-order valence-electron chi connectivity index (χ3n) is 1.63. The largest absolute Gasteiger partial charge is 0.417 e. The molecule has 0 fully saturated rings. The van der Waals surface area contributed by atoms with Gasteiger partial charge in [-0.1, -0.05) is 0 Å². The molecule has 0 bridgehead atoms. The van der Waals surface area contributed by atoms with Gasteiger partial charge in [0, 0.05) is 12.2 Å². The van der Waals surface area contributed by atoms with E-state index in [4.69, 9.17) is 5.73 Å². The van der Waals surface area contributed by atoms with Crippen molar-refractivity contribution in [2.45, 2.75) is 19.1 Å². The van der Waals surface area contributed by atoms with Gasteiger partial charge >= 0.3 is 6.18 Å². The minimum atomic E-state index is -4.58. The first kappa shape index (κ1) is 10.9. The standard InChI is InChI=1S/C8H8F4N2/c1-4(13)7-6(9)2-5(3-14-7)8(10,11)12/h2-4H,13H2,1H3. The maximum Gasteiger partial charge on any atom is 0.417 e. The number of nitrogens with zero attached hydrogens (tertiary/aromatic N) is 1. The Balaban J connectivity index is 3.13. The van der Waals surface area contributed by atoms with Gasteiger partial charge in [-0.05, 0) is 13.0 Å². The van der Waals surface area contributed by atoms with Crippen LogP contribution in [0.25, 0.3) is 0 Å². The van der Waals surface area contributed by atoms with Gasteiger partial charge in [0.05, 0.1) is 11.3 Å². The molecule has 0 aliphatic rings. The summed E-state index contributed by atoms with van der Waals surface area (Å²) in [5.74, 6) is -1.03. The maximum absolute atomic E-state index is 13.0. The van der Waals surface area contributed by atoms with Crippen molar-refractivity contribution in [3.05, 3.63) is 29.3 Å². The number of pyridine rings is 1. The highest BCUT2D eigenvalue weighted by molar-refractivity contribution is 5.20. The predicted molar refractivity (Wildman–Crippen MR) is 41.8 cm³/mol. The Kier molecular flexibility index (Phi) is 2.75. The molecular weight excluding hydrogens is 200 g/mol. The van der Waals surface area contributed by atoms with Crippen LogP contribution in [-0.2, 0) is 6.18 Å². The summed E-state index contributed by atoms with van der Waals surface area (Å²) in [7, 11) is 0. The van der Waals surface area contributed by atoms with E-state index < -0.39 is 23.6 Å². The zero-order valence-corrected chi connectivity index (χ0v) is 7.27. The van der Waals surface area contributed by atoms with E-state index in [1.165, 1.54) is 6.92 Å². The SMILES string of the molecule is CC(N)c1ncc(C(F)(F)F)cc1F. The van der Waals surface area contributed by atoms with Gasteiger partial charge in [-0.15, -0.1) is 0 Å². The summed E-state index contributed by atoms with van der Waals surface area (Å²) in [5.41, 5.74) is 4.01. The zero-order chi connectivity index (χ0) is 10.9. The first-order chi connectivity index (χ1) is 6.32. The molecule has 2 N–H and O–H groups in total. The molecule has 0 spiro atoms. The van der Waals surface area contributed by atoms with Gasteiger partial charge in [0.25, 0.3) is 0 Å². The molecule has 1 unspecified atom stereocenters. The van der Waals surface area contributed by atoms with Crippen LogP contribution < -0.4 is 5.73 Å². The molecule has 1 heterocycles. The van der Waals surface area contributed by atoms with Crippen LogP contribution in [0.5, 0.6) is 0 Å². The Labute approximate surface area is 77.7 Å². The Morgan fingerprint density at radius 3 is 2.36 bits per heavy atom. The highest BCUT2D eigenvalue weighted by Crippen LogP contribution is 2.29. The van der Waals surface area contributed by atoms with E-state index in [-0.39, 0.29) is 5.69 Å². The van der Waals surface area contributed by atoms with Crippen LogP contribution in [0.1, 0.15) is 24.2 Å². The molecule has 1 aromatic rings. The smallest absolute Gasteiger partial charge is 0.323 e. The van der Waals surface area contributed by atoms with Crippen molar-refractivity contribution >= 4 is 0 Å². The predicted octanol–water partition coefficient (Wildman–Crippen LogP) is 2.26. The van der Waals surface area contributed by atoms with Crippen molar-refractivity contribution in [2.75, 3.05) is 0 Å². The van der Waals surface area contributed by atoms with Crippen LogP contribution in [0.4, 0.5) is 17.6 Å². The monoisotopic (exact) mass is 208 g/mol. The average Bonchev–Trinajstić information content (AvgIpc) is 2.01. The Morgan fingerprint density at radius 2 is 2.00 bits per heavy atom. The molecule has 1 aromatic heterocycles. The number of aromatic nitrogens is 1. The van der Waals surface area contributed by atoms with Crippen LogP contribution in [0, 0.1) is 5.82 Å². The summed E-state index contributed by atoms with van der Waals surface area (Å²) in [5, 5.41) is 0. The Bertz CT molecular complexity index is 333. The highest BCUT2D eigenvalue weighted by atomic mass is 19.4. The molecule has 1 atom stereocenters. The van der Waals surface area contributed by atoms with Gasteiger partial charge in [0.15, 0.2) is 0 Å². The van der Waals surface area contributed by atoms with Crippen LogP contribution in [0.2, 0.25) is 0 Å². The third-order valence-corrected chi connectivity index (χ3v) is 1.63. The van der Waals surface area contributed by atoms with Crippen LogP contribution in [0.15, 0.2) is 12.3 Å². The number of hydrogen-bond donors (Lipinski definition) is 1. The molecule has 0 saturated heterocycles. The summed E-state index contributed by atoms with van der Waals surface area (Å²) in [6, 6.07) is -0.330. The Morgan fingerprint density at radius 1 is 1.43 bits per heavy atom. The molecule has 0 aliphatic heterocycles. The van der Waals surface area contributed by atoms with E-state index in [0.29, 0.717) is 12.3 Å². The lowest BCUT2D eigenvalue weighted by Crippen LogP contribution is -2.13. The number of hydrogen-bond acceptors (Lipinski definition) is 2. The molecule has 0 aliphatic carbocycles. The van der Waals surface area contributed by atoms with E-state index in [2.05, 4.69) is 4.98 Å². The quantitative estimate of drug-likeness (QED) is 0.719. The van der Waals surface area contributed by atoms with Crippen molar-refractivity contribution in [3.63, 3.8) is 0 Å². The van der Waals surface area contributed by atoms with Gasteiger partial charge in [-0.25, -0.2) is 4.39 Å². The molecule has 0 amide bonds. The van der Waals surface area contributed by atoms with Crippen LogP contribution >= 0.6 is 0 Å². The second-order valence-corrected chi connectivity index (χ2v) is 2.88. The molecule has 0 radical (unpaired) electrons. The summed E-state index contributed by atoms with van der Waals surface area (Å²) in [6.07, 6.45) is -4.01. The topological polar surface area (TPSA) is 38.9 Å². The average molecular weight is 208 g/mol. The summed E-state index contributed by atoms with van der Waals surface area (Å²) in [6.45, 7) is 1.44. The summed E-state index contributed by atoms with van der Waals surface area (Å²) >= 11 is 0. The molecule has 0 saturated carbocycles. The first-order valence-electron chi connectivity index (χ1n) is 3.80. The molecule has 2 nitrogen and oxygen atoms in total. The summed E-state index contributed by atoms with van der Waals surface area (Å²) < 4.78 is 49.2. The normalized spacial score (nSPS) is 14.1. The van der Waals surface area contributed by atoms with Gasteiger partial charge in [-0.2, -0.15) is 13.2 Å². The minimum Gasteiger partial charge on any atom is -0.323 e. The molecule has 1 rings (SSSR count). The van der Waals surface area contributed by atoms with E-state index >= 15 is 0 Å². The number of alkyl halides is 3. The second kappa shape index (κ2) is 3.53.